The lowest BCUT2D eigenvalue weighted by atomic mass is 9.95. The third-order valence-electron chi connectivity index (χ3n) is 3.55. The van der Waals surface area contributed by atoms with Crippen LogP contribution in [-0.2, 0) is 6.54 Å². The maximum atomic E-state index is 12.9. The minimum atomic E-state index is -0.156. The fourth-order valence-corrected chi connectivity index (χ4v) is 2.88. The van der Waals surface area contributed by atoms with E-state index in [2.05, 4.69) is 24.1 Å². The predicted molar refractivity (Wildman–Crippen MR) is 72.9 cm³/mol. The Hall–Kier alpha value is -0.930. The van der Waals surface area contributed by atoms with E-state index in [0.717, 1.165) is 32.1 Å². The molecule has 18 heavy (non-hydrogen) atoms. The Labute approximate surface area is 109 Å². The van der Waals surface area contributed by atoms with Crippen LogP contribution in [0.25, 0.3) is 0 Å². The molecule has 0 saturated carbocycles. The molecule has 1 aliphatic heterocycles. The maximum absolute atomic E-state index is 12.9. The zero-order chi connectivity index (χ0) is 13.0. The van der Waals surface area contributed by atoms with E-state index >= 15 is 0 Å². The summed E-state index contributed by atoms with van der Waals surface area (Å²) in [5.41, 5.74) is 1.20. The van der Waals surface area contributed by atoms with Gasteiger partial charge < -0.3 is 5.32 Å². The Balaban J connectivity index is 1.93. The molecule has 1 saturated heterocycles. The van der Waals surface area contributed by atoms with Crippen LogP contribution in [0.15, 0.2) is 24.3 Å². The number of hydrogen-bond donors (Lipinski definition) is 1. The van der Waals surface area contributed by atoms with E-state index in [1.165, 1.54) is 12.0 Å². The molecule has 2 atom stereocenters. The van der Waals surface area contributed by atoms with Crippen LogP contribution < -0.4 is 5.32 Å². The molecule has 1 heterocycles. The second kappa shape index (κ2) is 6.30. The molecule has 1 fully saturated rings. The van der Waals surface area contributed by atoms with Crippen molar-refractivity contribution in [1.29, 1.82) is 0 Å². The minimum Gasteiger partial charge on any atom is -0.313 e. The van der Waals surface area contributed by atoms with Gasteiger partial charge in [0.15, 0.2) is 0 Å². The van der Waals surface area contributed by atoms with Crippen molar-refractivity contribution in [1.82, 2.24) is 10.2 Å². The summed E-state index contributed by atoms with van der Waals surface area (Å²) in [4.78, 5) is 2.47. The van der Waals surface area contributed by atoms with Gasteiger partial charge in [-0.15, -0.1) is 0 Å². The first kappa shape index (κ1) is 13.5. The van der Waals surface area contributed by atoms with Gasteiger partial charge in [0.25, 0.3) is 0 Å². The highest BCUT2D eigenvalue weighted by molar-refractivity contribution is 5.16. The standard InChI is InChI=1S/C15H23FN2/c1-3-17-15-8-12(2)9-18(11-15)10-13-4-6-14(16)7-5-13/h4-7,12,15,17H,3,8-11H2,1-2H3. The van der Waals surface area contributed by atoms with Gasteiger partial charge in [0.1, 0.15) is 5.82 Å². The number of likely N-dealkylation sites (N-methyl/N-ethyl adjacent to an activating group) is 1. The van der Waals surface area contributed by atoms with Gasteiger partial charge in [-0.2, -0.15) is 0 Å². The van der Waals surface area contributed by atoms with Gasteiger partial charge in [0.2, 0.25) is 0 Å². The summed E-state index contributed by atoms with van der Waals surface area (Å²) in [6.07, 6.45) is 1.26. The Morgan fingerprint density at radius 3 is 2.67 bits per heavy atom. The third-order valence-corrected chi connectivity index (χ3v) is 3.55. The molecular weight excluding hydrogens is 227 g/mol. The summed E-state index contributed by atoms with van der Waals surface area (Å²) < 4.78 is 12.9. The normalized spacial score (nSPS) is 25.3. The van der Waals surface area contributed by atoms with Crippen LogP contribution in [0.1, 0.15) is 25.8 Å². The average molecular weight is 250 g/mol. The van der Waals surface area contributed by atoms with Crippen LogP contribution in [0.2, 0.25) is 0 Å². The molecule has 3 heteroatoms. The molecule has 0 bridgehead atoms. The van der Waals surface area contributed by atoms with Crippen molar-refractivity contribution in [2.75, 3.05) is 19.6 Å². The fraction of sp³-hybridized carbons (Fsp3) is 0.600. The molecule has 1 N–H and O–H groups in total. The number of nitrogens with zero attached hydrogens (tertiary/aromatic N) is 1. The molecule has 2 rings (SSSR count). The number of likely N-dealkylation sites (tertiary alicyclic amines) is 1. The summed E-state index contributed by atoms with van der Waals surface area (Å²) in [5, 5.41) is 3.54. The van der Waals surface area contributed by atoms with Crippen LogP contribution in [0, 0.1) is 11.7 Å². The Morgan fingerprint density at radius 2 is 2.00 bits per heavy atom. The van der Waals surface area contributed by atoms with E-state index in [9.17, 15) is 4.39 Å². The number of hydrogen-bond acceptors (Lipinski definition) is 2. The Kier molecular flexibility index (Phi) is 4.72. The van der Waals surface area contributed by atoms with Gasteiger partial charge in [-0.3, -0.25) is 4.90 Å². The smallest absolute Gasteiger partial charge is 0.123 e. The Bertz CT molecular complexity index is 363. The van der Waals surface area contributed by atoms with E-state index in [-0.39, 0.29) is 5.82 Å². The zero-order valence-electron chi connectivity index (χ0n) is 11.3. The SMILES string of the molecule is CCNC1CC(C)CN(Cc2ccc(F)cc2)C1. The van der Waals surface area contributed by atoms with Crippen molar-refractivity contribution in [3.63, 3.8) is 0 Å². The van der Waals surface area contributed by atoms with Crippen LogP contribution >= 0.6 is 0 Å². The molecule has 1 aliphatic rings. The number of halogens is 1. The number of rotatable bonds is 4. The van der Waals surface area contributed by atoms with Crippen molar-refractivity contribution < 1.29 is 4.39 Å². The molecule has 1 aromatic carbocycles. The summed E-state index contributed by atoms with van der Waals surface area (Å²) in [7, 11) is 0. The molecule has 2 unspecified atom stereocenters. The topological polar surface area (TPSA) is 15.3 Å². The minimum absolute atomic E-state index is 0.156. The van der Waals surface area contributed by atoms with Crippen molar-refractivity contribution in [2.24, 2.45) is 5.92 Å². The van der Waals surface area contributed by atoms with Gasteiger partial charge in [-0.1, -0.05) is 26.0 Å². The van der Waals surface area contributed by atoms with Gasteiger partial charge >= 0.3 is 0 Å². The summed E-state index contributed by atoms with van der Waals surface area (Å²) in [6, 6.07) is 7.46. The zero-order valence-corrected chi connectivity index (χ0v) is 11.3. The summed E-state index contributed by atoms with van der Waals surface area (Å²) in [5.74, 6) is 0.569. The van der Waals surface area contributed by atoms with Crippen molar-refractivity contribution in [3.05, 3.63) is 35.6 Å². The number of piperidine rings is 1. The average Bonchev–Trinajstić information content (AvgIpc) is 2.32. The van der Waals surface area contributed by atoms with E-state index in [4.69, 9.17) is 0 Å². The maximum Gasteiger partial charge on any atom is 0.123 e. The van der Waals surface area contributed by atoms with Crippen LogP contribution in [0.5, 0.6) is 0 Å². The quantitative estimate of drug-likeness (QED) is 0.883. The van der Waals surface area contributed by atoms with Gasteiger partial charge in [0, 0.05) is 25.7 Å². The predicted octanol–water partition coefficient (Wildman–Crippen LogP) is 2.65. The molecule has 0 amide bonds. The first-order chi connectivity index (χ1) is 8.67. The highest BCUT2D eigenvalue weighted by Crippen LogP contribution is 2.18. The van der Waals surface area contributed by atoms with E-state index in [0.29, 0.717) is 6.04 Å². The first-order valence-electron chi connectivity index (χ1n) is 6.87. The van der Waals surface area contributed by atoms with Gasteiger partial charge in [0.05, 0.1) is 0 Å². The van der Waals surface area contributed by atoms with E-state index in [1.807, 2.05) is 12.1 Å². The molecule has 1 aromatic rings. The Morgan fingerprint density at radius 1 is 1.28 bits per heavy atom. The second-order valence-corrected chi connectivity index (χ2v) is 5.42. The van der Waals surface area contributed by atoms with Crippen LogP contribution in [0.3, 0.4) is 0 Å². The second-order valence-electron chi connectivity index (χ2n) is 5.42. The summed E-state index contributed by atoms with van der Waals surface area (Å²) >= 11 is 0. The highest BCUT2D eigenvalue weighted by atomic mass is 19.1. The van der Waals surface area contributed by atoms with E-state index in [1.54, 1.807) is 12.1 Å². The fourth-order valence-electron chi connectivity index (χ4n) is 2.88. The van der Waals surface area contributed by atoms with Crippen molar-refractivity contribution in [3.8, 4) is 0 Å². The van der Waals surface area contributed by atoms with Gasteiger partial charge in [-0.05, 0) is 36.6 Å². The summed E-state index contributed by atoms with van der Waals surface area (Å²) in [6.45, 7) is 8.65. The van der Waals surface area contributed by atoms with E-state index < -0.39 is 0 Å². The van der Waals surface area contributed by atoms with Gasteiger partial charge in [-0.25, -0.2) is 4.39 Å². The highest BCUT2D eigenvalue weighted by Gasteiger charge is 2.23. The largest absolute Gasteiger partial charge is 0.313 e. The molecule has 0 aliphatic carbocycles. The van der Waals surface area contributed by atoms with Crippen molar-refractivity contribution >= 4 is 0 Å². The lowest BCUT2D eigenvalue weighted by Crippen LogP contribution is -2.48. The van der Waals surface area contributed by atoms with Crippen molar-refractivity contribution in [2.45, 2.75) is 32.9 Å². The monoisotopic (exact) mass is 250 g/mol. The van der Waals surface area contributed by atoms with Crippen LogP contribution in [-0.4, -0.2) is 30.6 Å². The molecule has 0 radical (unpaired) electrons. The lowest BCUT2D eigenvalue weighted by molar-refractivity contribution is 0.143. The molecular formula is C15H23FN2. The molecule has 2 nitrogen and oxygen atoms in total. The first-order valence-corrected chi connectivity index (χ1v) is 6.87. The molecule has 0 spiro atoms. The molecule has 100 valence electrons. The number of benzene rings is 1. The molecule has 0 aromatic heterocycles. The van der Waals surface area contributed by atoms with Crippen LogP contribution in [0.4, 0.5) is 4.39 Å². The third kappa shape index (κ3) is 3.79. The number of nitrogens with one attached hydrogen (secondary N) is 1. The lowest BCUT2D eigenvalue weighted by Gasteiger charge is -2.36.